The van der Waals surface area contributed by atoms with Gasteiger partial charge in [0.2, 0.25) is 11.0 Å². The van der Waals surface area contributed by atoms with Gasteiger partial charge < -0.3 is 10.8 Å². The van der Waals surface area contributed by atoms with Gasteiger partial charge in [-0.3, -0.25) is 19.4 Å². The summed E-state index contributed by atoms with van der Waals surface area (Å²) in [5, 5.41) is 17.3. The first kappa shape index (κ1) is 16.2. The maximum absolute atomic E-state index is 12.5. The zero-order valence-corrected chi connectivity index (χ0v) is 14.4. The SMILES string of the molecule is N[C@@H]1C(=O)N2C(C(=O)O)=C(C=C3CCN(c4nncs4)C3=O)CS[C@H]12. The van der Waals surface area contributed by atoms with Crippen LogP contribution in [0.5, 0.6) is 0 Å². The van der Waals surface area contributed by atoms with Crippen molar-refractivity contribution in [3.05, 3.63) is 28.4 Å². The van der Waals surface area contributed by atoms with E-state index in [0.29, 0.717) is 35.0 Å². The summed E-state index contributed by atoms with van der Waals surface area (Å²) in [5.41, 5.74) is 8.15. The molecule has 0 aromatic carbocycles. The zero-order chi connectivity index (χ0) is 17.7. The van der Waals surface area contributed by atoms with E-state index < -0.39 is 17.9 Å². The first-order valence-corrected chi connectivity index (χ1v) is 9.37. The van der Waals surface area contributed by atoms with E-state index in [0.717, 1.165) is 0 Å². The molecular weight excluding hydrogens is 366 g/mol. The maximum atomic E-state index is 12.5. The number of allylic oxidation sites excluding steroid dienone is 1. The van der Waals surface area contributed by atoms with Gasteiger partial charge in [0.05, 0.1) is 0 Å². The van der Waals surface area contributed by atoms with E-state index in [1.165, 1.54) is 32.9 Å². The molecule has 0 saturated carbocycles. The van der Waals surface area contributed by atoms with Gasteiger partial charge in [0.15, 0.2) is 0 Å². The molecule has 0 spiro atoms. The van der Waals surface area contributed by atoms with Gasteiger partial charge >= 0.3 is 5.97 Å². The van der Waals surface area contributed by atoms with Gasteiger partial charge in [-0.15, -0.1) is 22.0 Å². The lowest BCUT2D eigenvalue weighted by atomic mass is 10.0. The van der Waals surface area contributed by atoms with Gasteiger partial charge in [-0.2, -0.15) is 0 Å². The number of aromatic nitrogens is 2. The number of amides is 2. The number of thioether (sulfide) groups is 1. The molecule has 4 heterocycles. The number of fused-ring (bicyclic) bond motifs is 1. The van der Waals surface area contributed by atoms with Crippen LogP contribution in [0.4, 0.5) is 5.13 Å². The van der Waals surface area contributed by atoms with Crippen LogP contribution in [0, 0.1) is 0 Å². The Hall–Kier alpha value is -2.24. The van der Waals surface area contributed by atoms with Crippen molar-refractivity contribution in [2.75, 3.05) is 17.2 Å². The Morgan fingerprint density at radius 2 is 2.24 bits per heavy atom. The number of nitrogens with zero attached hydrogens (tertiary/aromatic N) is 4. The highest BCUT2D eigenvalue weighted by atomic mass is 32.2. The monoisotopic (exact) mass is 379 g/mol. The molecule has 2 amide bonds. The second kappa shape index (κ2) is 5.93. The second-order valence-electron chi connectivity index (χ2n) is 5.71. The van der Waals surface area contributed by atoms with Crippen LogP contribution in [0.15, 0.2) is 28.4 Å². The summed E-state index contributed by atoms with van der Waals surface area (Å²) < 4.78 is 0. The topological polar surface area (TPSA) is 130 Å². The number of hydrogen-bond acceptors (Lipinski definition) is 8. The Morgan fingerprint density at radius 3 is 2.92 bits per heavy atom. The van der Waals surface area contributed by atoms with E-state index in [4.69, 9.17) is 5.73 Å². The Kier molecular flexibility index (Phi) is 3.85. The van der Waals surface area contributed by atoms with Gasteiger partial charge in [-0.1, -0.05) is 11.3 Å². The molecule has 0 radical (unpaired) electrons. The molecule has 4 rings (SSSR count). The summed E-state index contributed by atoms with van der Waals surface area (Å²) in [7, 11) is 0. The lowest BCUT2D eigenvalue weighted by molar-refractivity contribution is -0.147. The fraction of sp³-hybridized carbons (Fsp3) is 0.357. The Morgan fingerprint density at radius 1 is 1.44 bits per heavy atom. The molecule has 3 aliphatic rings. The quantitative estimate of drug-likeness (QED) is 0.545. The Labute approximate surface area is 150 Å². The van der Waals surface area contributed by atoms with Crippen LogP contribution < -0.4 is 10.6 Å². The predicted octanol–water partition coefficient (Wildman–Crippen LogP) is -0.218. The van der Waals surface area contributed by atoms with Crippen molar-refractivity contribution in [2.24, 2.45) is 5.73 Å². The number of rotatable bonds is 3. The molecule has 2 saturated heterocycles. The highest BCUT2D eigenvalue weighted by Crippen LogP contribution is 2.40. The average molecular weight is 379 g/mol. The molecule has 25 heavy (non-hydrogen) atoms. The molecule has 9 nitrogen and oxygen atoms in total. The number of hydrogen-bond donors (Lipinski definition) is 2. The van der Waals surface area contributed by atoms with Crippen LogP contribution in [-0.4, -0.2) is 61.7 Å². The van der Waals surface area contributed by atoms with E-state index in [1.807, 2.05) is 0 Å². The van der Waals surface area contributed by atoms with Crippen LogP contribution in [-0.2, 0) is 14.4 Å². The molecule has 0 aliphatic carbocycles. The van der Waals surface area contributed by atoms with Gasteiger partial charge in [-0.25, -0.2) is 4.79 Å². The van der Waals surface area contributed by atoms with Crippen molar-refractivity contribution < 1.29 is 19.5 Å². The molecule has 130 valence electrons. The molecule has 3 N–H and O–H groups in total. The highest BCUT2D eigenvalue weighted by molar-refractivity contribution is 8.00. The number of carboxylic acid groups (broad SMARTS) is 1. The van der Waals surface area contributed by atoms with Crippen LogP contribution >= 0.6 is 23.1 Å². The summed E-state index contributed by atoms with van der Waals surface area (Å²) in [6, 6.07) is -0.672. The number of β-lactam (4-membered cyclic amide) rings is 1. The number of carbonyl (C=O) groups is 3. The molecule has 11 heteroatoms. The van der Waals surface area contributed by atoms with Crippen LogP contribution in [0.25, 0.3) is 0 Å². The Balaban J connectivity index is 1.67. The van der Waals surface area contributed by atoms with E-state index in [-0.39, 0.29) is 17.0 Å². The molecule has 1 aromatic rings. The number of nitrogens with two attached hydrogens (primary N) is 1. The minimum Gasteiger partial charge on any atom is -0.477 e. The fourth-order valence-corrected chi connectivity index (χ4v) is 4.91. The van der Waals surface area contributed by atoms with Crippen LogP contribution in [0.3, 0.4) is 0 Å². The van der Waals surface area contributed by atoms with Crippen molar-refractivity contribution >= 4 is 46.0 Å². The summed E-state index contributed by atoms with van der Waals surface area (Å²) in [5.74, 6) is -1.42. The highest BCUT2D eigenvalue weighted by Gasteiger charge is 2.51. The number of carbonyl (C=O) groups excluding carboxylic acids is 2. The standard InChI is InChI=1S/C14H13N5O4S2/c15-8-11(21)19-9(13(22)23)7(4-24-12(8)19)3-6-1-2-18(10(6)20)14-17-16-5-25-14/h3,5,8,12H,1-2,4,15H2,(H,22,23)/t8-,12-/m1/s1. The molecule has 0 bridgehead atoms. The van der Waals surface area contributed by atoms with E-state index in [9.17, 15) is 19.5 Å². The third kappa shape index (κ3) is 2.46. The van der Waals surface area contributed by atoms with Crippen molar-refractivity contribution in [3.63, 3.8) is 0 Å². The van der Waals surface area contributed by atoms with Crippen molar-refractivity contribution in [1.82, 2.24) is 15.1 Å². The molecular formula is C14H13N5O4S2. The third-order valence-electron chi connectivity index (χ3n) is 4.29. The second-order valence-corrected chi connectivity index (χ2v) is 7.63. The van der Waals surface area contributed by atoms with E-state index in [1.54, 1.807) is 11.6 Å². The Bertz CT molecular complexity index is 834. The molecule has 1 aromatic heterocycles. The number of carboxylic acids is 1. The zero-order valence-electron chi connectivity index (χ0n) is 12.8. The molecule has 0 unspecified atom stereocenters. The molecule has 2 atom stereocenters. The normalized spacial score (nSPS) is 27.8. The van der Waals surface area contributed by atoms with Gasteiger partial charge in [0.25, 0.3) is 5.91 Å². The number of aliphatic carboxylic acids is 1. The molecule has 3 aliphatic heterocycles. The summed E-state index contributed by atoms with van der Waals surface area (Å²) in [6.07, 6.45) is 2.07. The van der Waals surface area contributed by atoms with Crippen molar-refractivity contribution in [3.8, 4) is 0 Å². The smallest absolute Gasteiger partial charge is 0.352 e. The minimum atomic E-state index is -1.19. The summed E-state index contributed by atoms with van der Waals surface area (Å²) in [6.45, 7) is 0.471. The molecule has 2 fully saturated rings. The fourth-order valence-electron chi connectivity index (χ4n) is 3.08. The van der Waals surface area contributed by atoms with E-state index >= 15 is 0 Å². The van der Waals surface area contributed by atoms with Gasteiger partial charge in [0, 0.05) is 17.9 Å². The lowest BCUT2D eigenvalue weighted by Gasteiger charge is -2.47. The first-order chi connectivity index (χ1) is 12.0. The average Bonchev–Trinajstić information content (AvgIpc) is 3.24. The summed E-state index contributed by atoms with van der Waals surface area (Å²) >= 11 is 2.67. The van der Waals surface area contributed by atoms with Crippen molar-refractivity contribution in [1.29, 1.82) is 0 Å². The van der Waals surface area contributed by atoms with Gasteiger partial charge in [0.1, 0.15) is 22.6 Å². The first-order valence-electron chi connectivity index (χ1n) is 7.44. The van der Waals surface area contributed by atoms with Crippen LogP contribution in [0.2, 0.25) is 0 Å². The lowest BCUT2D eigenvalue weighted by Crippen LogP contribution is -2.68. The third-order valence-corrected chi connectivity index (χ3v) is 6.33. The van der Waals surface area contributed by atoms with E-state index in [2.05, 4.69) is 10.2 Å². The minimum absolute atomic E-state index is 0.0786. The predicted molar refractivity (Wildman–Crippen MR) is 90.7 cm³/mol. The summed E-state index contributed by atoms with van der Waals surface area (Å²) in [4.78, 5) is 38.9. The maximum Gasteiger partial charge on any atom is 0.352 e. The van der Waals surface area contributed by atoms with Crippen molar-refractivity contribution in [2.45, 2.75) is 17.8 Å². The van der Waals surface area contributed by atoms with Gasteiger partial charge in [-0.05, 0) is 18.1 Å². The van der Waals surface area contributed by atoms with Crippen LogP contribution in [0.1, 0.15) is 6.42 Å². The largest absolute Gasteiger partial charge is 0.477 e. The number of anilines is 1.